The van der Waals surface area contributed by atoms with Gasteiger partial charge in [-0.25, -0.2) is 0 Å². The molecular formula is C27H36N4O3. The minimum Gasteiger partial charge on any atom is -0.390 e. The maximum atomic E-state index is 13.5. The molecule has 2 atom stereocenters. The van der Waals surface area contributed by atoms with E-state index >= 15 is 0 Å². The van der Waals surface area contributed by atoms with Gasteiger partial charge in [-0.3, -0.25) is 9.59 Å². The molecule has 0 aromatic heterocycles. The first-order valence-corrected chi connectivity index (χ1v) is 12.4. The Labute approximate surface area is 202 Å². The molecule has 4 rings (SSSR count). The maximum absolute atomic E-state index is 13.5. The van der Waals surface area contributed by atoms with Crippen molar-refractivity contribution in [3.63, 3.8) is 0 Å². The minimum atomic E-state index is -0.669. The molecule has 2 aliphatic rings. The highest BCUT2D eigenvalue weighted by molar-refractivity contribution is 6.03. The molecule has 0 saturated carbocycles. The van der Waals surface area contributed by atoms with Gasteiger partial charge < -0.3 is 25.1 Å². The molecule has 7 nitrogen and oxygen atoms in total. The van der Waals surface area contributed by atoms with Crippen LogP contribution in [-0.2, 0) is 13.0 Å². The molecule has 34 heavy (non-hydrogen) atoms. The van der Waals surface area contributed by atoms with Gasteiger partial charge in [0, 0.05) is 57.4 Å². The van der Waals surface area contributed by atoms with Crippen molar-refractivity contribution in [3.05, 3.63) is 64.7 Å². The molecule has 0 spiro atoms. The summed E-state index contributed by atoms with van der Waals surface area (Å²) in [4.78, 5) is 32.1. The lowest BCUT2D eigenvalue weighted by Gasteiger charge is -2.33. The van der Waals surface area contributed by atoms with Crippen LogP contribution < -0.4 is 10.2 Å². The molecule has 0 bridgehead atoms. The molecule has 2 amide bonds. The fraction of sp³-hybridized carbons (Fsp3) is 0.481. The highest BCUT2D eigenvalue weighted by Crippen LogP contribution is 2.28. The number of nitrogens with one attached hydrogen (secondary N) is 1. The van der Waals surface area contributed by atoms with Gasteiger partial charge >= 0.3 is 0 Å². The number of anilines is 1. The molecule has 2 unspecified atom stereocenters. The van der Waals surface area contributed by atoms with E-state index in [1.807, 2.05) is 32.0 Å². The number of amides is 2. The van der Waals surface area contributed by atoms with E-state index in [-0.39, 0.29) is 24.4 Å². The highest BCUT2D eigenvalue weighted by atomic mass is 16.3. The number of hydrogen-bond acceptors (Lipinski definition) is 5. The van der Waals surface area contributed by atoms with Gasteiger partial charge in [0.05, 0.1) is 17.4 Å². The number of aliphatic hydroxyl groups excluding tert-OH is 1. The summed E-state index contributed by atoms with van der Waals surface area (Å²) in [5.74, 6) is -0.112. The summed E-state index contributed by atoms with van der Waals surface area (Å²) in [6.07, 6.45) is 0.0749. The van der Waals surface area contributed by atoms with Crippen molar-refractivity contribution in [1.29, 1.82) is 0 Å². The number of β-amino-alcohol motifs (C(OH)–C–C–N with tert-alkyl or cyclic N) is 1. The Hall–Kier alpha value is -2.90. The van der Waals surface area contributed by atoms with E-state index in [0.717, 1.165) is 25.2 Å². The zero-order valence-electron chi connectivity index (χ0n) is 20.5. The van der Waals surface area contributed by atoms with Crippen LogP contribution in [0.25, 0.3) is 0 Å². The molecular weight excluding hydrogens is 428 g/mol. The van der Waals surface area contributed by atoms with Crippen LogP contribution in [0.2, 0.25) is 0 Å². The van der Waals surface area contributed by atoms with Crippen LogP contribution >= 0.6 is 0 Å². The summed E-state index contributed by atoms with van der Waals surface area (Å²) < 4.78 is 0. The molecule has 182 valence electrons. The van der Waals surface area contributed by atoms with E-state index in [0.29, 0.717) is 37.3 Å². The van der Waals surface area contributed by atoms with Crippen LogP contribution in [0.3, 0.4) is 0 Å². The van der Waals surface area contributed by atoms with Crippen LogP contribution in [0, 0.1) is 0 Å². The second-order valence-electron chi connectivity index (χ2n) is 9.07. The third kappa shape index (κ3) is 4.81. The van der Waals surface area contributed by atoms with Crippen LogP contribution in [0.1, 0.15) is 52.6 Å². The number of nitrogens with zero attached hydrogens (tertiary/aromatic N) is 3. The Balaban J connectivity index is 1.53. The molecule has 2 aliphatic heterocycles. The monoisotopic (exact) mass is 464 g/mol. The smallest absolute Gasteiger partial charge is 0.256 e. The van der Waals surface area contributed by atoms with E-state index in [1.54, 1.807) is 21.9 Å². The molecule has 0 fully saturated rings. The molecule has 2 N–H and O–H groups in total. The van der Waals surface area contributed by atoms with E-state index in [2.05, 4.69) is 29.3 Å². The fourth-order valence-electron chi connectivity index (χ4n) is 5.04. The van der Waals surface area contributed by atoms with Gasteiger partial charge in [0.15, 0.2) is 0 Å². The van der Waals surface area contributed by atoms with Gasteiger partial charge in [-0.2, -0.15) is 0 Å². The molecule has 0 aliphatic carbocycles. The number of hydrogen-bond donors (Lipinski definition) is 2. The molecule has 0 saturated heterocycles. The quantitative estimate of drug-likeness (QED) is 0.659. The number of carbonyl (C=O) groups is 2. The van der Waals surface area contributed by atoms with Crippen molar-refractivity contribution < 1.29 is 14.7 Å². The number of likely N-dealkylation sites (N-methyl/N-ethyl adjacent to an activating group) is 1. The van der Waals surface area contributed by atoms with Crippen molar-refractivity contribution in [3.8, 4) is 0 Å². The first kappa shape index (κ1) is 24.2. The van der Waals surface area contributed by atoms with Gasteiger partial charge in [0.2, 0.25) is 0 Å². The van der Waals surface area contributed by atoms with Crippen LogP contribution in [0.4, 0.5) is 5.69 Å². The maximum Gasteiger partial charge on any atom is 0.256 e. The predicted octanol–water partition coefficient (Wildman–Crippen LogP) is 2.53. The SMILES string of the molecule is CCN(CC)C(=O)c1ccc2c(c1)N(CC)CCN(CC(O)C1Cc3ccccc3CN1)C2=O. The Kier molecular flexibility index (Phi) is 7.54. The van der Waals surface area contributed by atoms with Crippen molar-refractivity contribution in [2.24, 2.45) is 0 Å². The summed E-state index contributed by atoms with van der Waals surface area (Å²) >= 11 is 0. The highest BCUT2D eigenvalue weighted by Gasteiger charge is 2.31. The Bertz CT molecular complexity index is 1040. The second kappa shape index (κ2) is 10.6. The van der Waals surface area contributed by atoms with Crippen LogP contribution in [0.5, 0.6) is 0 Å². The number of aliphatic hydroxyl groups is 1. The van der Waals surface area contributed by atoms with Gasteiger partial charge in [-0.15, -0.1) is 0 Å². The zero-order valence-corrected chi connectivity index (χ0v) is 20.5. The number of rotatable bonds is 7. The largest absolute Gasteiger partial charge is 0.390 e. The normalized spacial score (nSPS) is 18.7. The standard InChI is InChI=1S/C27H36N4O3/c1-4-29(5-2)26(33)20-11-12-22-24(16-20)30(6-3)13-14-31(27(22)34)18-25(32)23-15-19-9-7-8-10-21(19)17-28-23/h7-12,16,23,25,28,32H,4-6,13-15,17-18H2,1-3H3. The van der Waals surface area contributed by atoms with E-state index in [4.69, 9.17) is 0 Å². The average Bonchev–Trinajstić information content (AvgIpc) is 3.00. The van der Waals surface area contributed by atoms with Gasteiger partial charge in [0.1, 0.15) is 0 Å². The van der Waals surface area contributed by atoms with E-state index in [9.17, 15) is 14.7 Å². The van der Waals surface area contributed by atoms with Crippen molar-refractivity contribution in [2.45, 2.75) is 45.9 Å². The Morgan fingerprint density at radius 2 is 1.79 bits per heavy atom. The lowest BCUT2D eigenvalue weighted by molar-refractivity contribution is 0.0540. The van der Waals surface area contributed by atoms with Gasteiger partial charge in [-0.1, -0.05) is 24.3 Å². The van der Waals surface area contributed by atoms with E-state index < -0.39 is 6.10 Å². The topological polar surface area (TPSA) is 76.1 Å². The van der Waals surface area contributed by atoms with Gasteiger partial charge in [0.25, 0.3) is 11.8 Å². The Morgan fingerprint density at radius 1 is 1.09 bits per heavy atom. The first-order chi connectivity index (χ1) is 16.5. The lowest BCUT2D eigenvalue weighted by Crippen LogP contribution is -2.50. The van der Waals surface area contributed by atoms with Gasteiger partial charge in [-0.05, 0) is 56.5 Å². The summed E-state index contributed by atoms with van der Waals surface area (Å²) in [5.41, 5.74) is 4.50. The van der Waals surface area contributed by atoms with Crippen molar-refractivity contribution in [2.75, 3.05) is 44.2 Å². The first-order valence-electron chi connectivity index (χ1n) is 12.4. The van der Waals surface area contributed by atoms with E-state index in [1.165, 1.54) is 11.1 Å². The van der Waals surface area contributed by atoms with Crippen LogP contribution in [-0.4, -0.2) is 78.1 Å². The second-order valence-corrected chi connectivity index (χ2v) is 9.07. The molecule has 0 radical (unpaired) electrons. The van der Waals surface area contributed by atoms with Crippen molar-refractivity contribution in [1.82, 2.24) is 15.1 Å². The zero-order chi connectivity index (χ0) is 24.2. The van der Waals surface area contributed by atoms with Crippen LogP contribution in [0.15, 0.2) is 42.5 Å². The molecule has 7 heteroatoms. The third-order valence-electron chi connectivity index (χ3n) is 7.16. The average molecular weight is 465 g/mol. The molecule has 2 heterocycles. The molecule has 2 aromatic rings. The summed E-state index contributed by atoms with van der Waals surface area (Å²) in [6.45, 7) is 10.2. The number of benzene rings is 2. The Morgan fingerprint density at radius 3 is 2.50 bits per heavy atom. The number of carbonyl (C=O) groups excluding carboxylic acids is 2. The lowest BCUT2D eigenvalue weighted by atomic mass is 9.92. The third-order valence-corrected chi connectivity index (χ3v) is 7.16. The van der Waals surface area contributed by atoms with Crippen molar-refractivity contribution >= 4 is 17.5 Å². The summed E-state index contributed by atoms with van der Waals surface area (Å²) in [6, 6.07) is 13.6. The minimum absolute atomic E-state index is 0.0171. The molecule has 2 aromatic carbocycles. The summed E-state index contributed by atoms with van der Waals surface area (Å²) in [5, 5.41) is 14.5. The number of fused-ring (bicyclic) bond motifs is 2. The fourth-order valence-corrected chi connectivity index (χ4v) is 5.04. The summed E-state index contributed by atoms with van der Waals surface area (Å²) in [7, 11) is 0. The predicted molar refractivity (Wildman–Crippen MR) is 134 cm³/mol.